The Morgan fingerprint density at radius 2 is 1.81 bits per heavy atom. The number of nitrogens with zero attached hydrogens (tertiary/aromatic N) is 1. The number of nitrogens with one attached hydrogen (secondary N) is 2. The van der Waals surface area contributed by atoms with Crippen molar-refractivity contribution in [3.8, 4) is 0 Å². The lowest BCUT2D eigenvalue weighted by atomic mass is 9.97. The molecule has 8 heteroatoms. The molecule has 1 aromatic rings. The molecule has 0 spiro atoms. The first-order valence-electron chi connectivity index (χ1n) is 9.25. The van der Waals surface area contributed by atoms with Crippen molar-refractivity contribution in [1.29, 1.82) is 0 Å². The summed E-state index contributed by atoms with van der Waals surface area (Å²) in [5.74, 6) is -0.222. The van der Waals surface area contributed by atoms with Crippen LogP contribution in [0.3, 0.4) is 0 Å². The highest BCUT2D eigenvalue weighted by atomic mass is 35.5. The number of carbonyl (C=O) groups excluding carboxylic acids is 3. The van der Waals surface area contributed by atoms with Gasteiger partial charge in [0.05, 0.1) is 6.04 Å². The lowest BCUT2D eigenvalue weighted by Gasteiger charge is -2.33. The zero-order valence-electron chi connectivity index (χ0n) is 15.3. The first-order valence-corrected chi connectivity index (χ1v) is 9.25. The lowest BCUT2D eigenvalue weighted by molar-refractivity contribution is -0.123. The Hall–Kier alpha value is -2.12. The molecule has 3 rings (SSSR count). The molecule has 2 fully saturated rings. The number of piperidine rings is 1. The maximum Gasteiger partial charge on any atom is 0.253 e. The number of carbonyl (C=O) groups is 3. The second-order valence-electron chi connectivity index (χ2n) is 7.10. The molecular weight excluding hydrogens is 368 g/mol. The van der Waals surface area contributed by atoms with Crippen LogP contribution in [0.1, 0.15) is 46.4 Å². The van der Waals surface area contributed by atoms with E-state index in [4.69, 9.17) is 5.73 Å². The molecule has 0 radical (unpaired) electrons. The van der Waals surface area contributed by atoms with Gasteiger partial charge < -0.3 is 21.3 Å². The average Bonchev–Trinajstić information content (AvgIpc) is 3.21. The first-order chi connectivity index (χ1) is 12.5. The number of hydrogen-bond acceptors (Lipinski definition) is 4. The highest BCUT2D eigenvalue weighted by molar-refractivity contribution is 5.97. The van der Waals surface area contributed by atoms with E-state index in [2.05, 4.69) is 10.6 Å². The third-order valence-electron chi connectivity index (χ3n) is 5.16. The predicted octanol–water partition coefficient (Wildman–Crippen LogP) is 0.928. The number of benzene rings is 1. The van der Waals surface area contributed by atoms with Crippen molar-refractivity contribution < 1.29 is 14.4 Å². The zero-order valence-corrected chi connectivity index (χ0v) is 16.1. The SMILES string of the molecule is Cl.NC(=O)c1ccc(C(=O)N2CCCC(CNC(=O)C3CCCN3)C2)cc1. The number of hydrogen-bond donors (Lipinski definition) is 3. The fraction of sp³-hybridized carbons (Fsp3) is 0.526. The lowest BCUT2D eigenvalue weighted by Crippen LogP contribution is -2.46. The van der Waals surface area contributed by atoms with Crippen molar-refractivity contribution >= 4 is 30.1 Å². The number of nitrogens with two attached hydrogens (primary N) is 1. The maximum atomic E-state index is 12.7. The quantitative estimate of drug-likeness (QED) is 0.690. The summed E-state index contributed by atoms with van der Waals surface area (Å²) in [6.07, 6.45) is 3.86. The van der Waals surface area contributed by atoms with Crippen molar-refractivity contribution in [3.05, 3.63) is 35.4 Å². The van der Waals surface area contributed by atoms with E-state index in [0.29, 0.717) is 30.8 Å². The topological polar surface area (TPSA) is 105 Å². The number of likely N-dealkylation sites (tertiary alicyclic amines) is 1. The zero-order chi connectivity index (χ0) is 18.5. The van der Waals surface area contributed by atoms with Crippen LogP contribution in [0.2, 0.25) is 0 Å². The molecule has 0 saturated carbocycles. The normalized spacial score (nSPS) is 22.0. The van der Waals surface area contributed by atoms with Gasteiger partial charge in [-0.05, 0) is 62.4 Å². The van der Waals surface area contributed by atoms with Gasteiger partial charge in [0.1, 0.15) is 0 Å². The van der Waals surface area contributed by atoms with Crippen LogP contribution in [0, 0.1) is 5.92 Å². The summed E-state index contributed by atoms with van der Waals surface area (Å²) >= 11 is 0. The van der Waals surface area contributed by atoms with E-state index in [1.165, 1.54) is 0 Å². The molecule has 2 unspecified atom stereocenters. The van der Waals surface area contributed by atoms with E-state index >= 15 is 0 Å². The minimum absolute atomic E-state index is 0. The molecule has 2 saturated heterocycles. The molecule has 2 heterocycles. The van der Waals surface area contributed by atoms with Gasteiger partial charge in [0.25, 0.3) is 5.91 Å². The number of halogens is 1. The second kappa shape index (κ2) is 9.71. The summed E-state index contributed by atoms with van der Waals surface area (Å²) in [4.78, 5) is 37.8. The van der Waals surface area contributed by atoms with Crippen molar-refractivity contribution in [1.82, 2.24) is 15.5 Å². The van der Waals surface area contributed by atoms with Gasteiger partial charge >= 0.3 is 0 Å². The second-order valence-corrected chi connectivity index (χ2v) is 7.10. The van der Waals surface area contributed by atoms with Crippen LogP contribution in [0.4, 0.5) is 0 Å². The Kier molecular flexibility index (Phi) is 7.62. The van der Waals surface area contributed by atoms with Crippen molar-refractivity contribution in [2.75, 3.05) is 26.2 Å². The van der Waals surface area contributed by atoms with E-state index in [1.807, 2.05) is 4.90 Å². The fourth-order valence-electron chi connectivity index (χ4n) is 3.65. The summed E-state index contributed by atoms with van der Waals surface area (Å²) in [6.45, 7) is 2.85. The van der Waals surface area contributed by atoms with Crippen molar-refractivity contribution in [3.63, 3.8) is 0 Å². The molecule has 2 aliphatic heterocycles. The third-order valence-corrected chi connectivity index (χ3v) is 5.16. The first kappa shape index (κ1) is 21.2. The van der Waals surface area contributed by atoms with Gasteiger partial charge in [-0.2, -0.15) is 0 Å². The van der Waals surface area contributed by atoms with Crippen LogP contribution in [0.15, 0.2) is 24.3 Å². The van der Waals surface area contributed by atoms with Gasteiger partial charge in [-0.25, -0.2) is 0 Å². The molecular formula is C19H27ClN4O3. The molecule has 2 atom stereocenters. The van der Waals surface area contributed by atoms with E-state index in [9.17, 15) is 14.4 Å². The van der Waals surface area contributed by atoms with Crippen LogP contribution in [-0.2, 0) is 4.79 Å². The van der Waals surface area contributed by atoms with E-state index in [1.54, 1.807) is 24.3 Å². The van der Waals surface area contributed by atoms with Gasteiger partial charge in [-0.15, -0.1) is 12.4 Å². The largest absolute Gasteiger partial charge is 0.366 e. The van der Waals surface area contributed by atoms with Crippen LogP contribution >= 0.6 is 12.4 Å². The summed E-state index contributed by atoms with van der Waals surface area (Å²) < 4.78 is 0. The Balaban J connectivity index is 0.00000261. The predicted molar refractivity (Wildman–Crippen MR) is 105 cm³/mol. The summed E-state index contributed by atoms with van der Waals surface area (Å²) in [7, 11) is 0. The molecule has 148 valence electrons. The summed E-state index contributed by atoms with van der Waals surface area (Å²) in [5.41, 5.74) is 6.17. The third kappa shape index (κ3) is 5.43. The summed E-state index contributed by atoms with van der Waals surface area (Å²) in [6, 6.07) is 6.36. The molecule has 3 amide bonds. The number of amides is 3. The highest BCUT2D eigenvalue weighted by Crippen LogP contribution is 2.19. The summed E-state index contributed by atoms with van der Waals surface area (Å²) in [5, 5.41) is 6.22. The van der Waals surface area contributed by atoms with Crippen LogP contribution in [-0.4, -0.2) is 54.8 Å². The van der Waals surface area contributed by atoms with Crippen LogP contribution in [0.5, 0.6) is 0 Å². The van der Waals surface area contributed by atoms with Gasteiger partial charge in [-0.3, -0.25) is 14.4 Å². The minimum atomic E-state index is -0.505. The Morgan fingerprint density at radius 3 is 2.44 bits per heavy atom. The molecule has 2 aliphatic rings. The Bertz CT molecular complexity index is 674. The van der Waals surface area contributed by atoms with E-state index in [0.717, 1.165) is 32.2 Å². The molecule has 27 heavy (non-hydrogen) atoms. The van der Waals surface area contributed by atoms with Crippen LogP contribution in [0.25, 0.3) is 0 Å². The molecule has 4 N–H and O–H groups in total. The molecule has 0 aromatic heterocycles. The van der Waals surface area contributed by atoms with Gasteiger partial charge in [0.2, 0.25) is 11.8 Å². The smallest absolute Gasteiger partial charge is 0.253 e. The minimum Gasteiger partial charge on any atom is -0.366 e. The monoisotopic (exact) mass is 394 g/mol. The Labute approximate surface area is 165 Å². The molecule has 0 bridgehead atoms. The van der Waals surface area contributed by atoms with Gasteiger partial charge in [-0.1, -0.05) is 0 Å². The Morgan fingerprint density at radius 1 is 1.11 bits per heavy atom. The van der Waals surface area contributed by atoms with Gasteiger partial charge in [0.15, 0.2) is 0 Å². The maximum absolute atomic E-state index is 12.7. The molecule has 1 aromatic carbocycles. The van der Waals surface area contributed by atoms with Crippen molar-refractivity contribution in [2.24, 2.45) is 11.7 Å². The van der Waals surface area contributed by atoms with E-state index < -0.39 is 5.91 Å². The number of rotatable bonds is 5. The fourth-order valence-corrected chi connectivity index (χ4v) is 3.65. The van der Waals surface area contributed by atoms with E-state index in [-0.39, 0.29) is 36.2 Å². The van der Waals surface area contributed by atoms with Gasteiger partial charge in [0, 0.05) is 30.8 Å². The van der Waals surface area contributed by atoms with Crippen molar-refractivity contribution in [2.45, 2.75) is 31.7 Å². The standard InChI is InChI=1S/C19H26N4O3.ClH/c20-17(24)14-5-7-15(8-6-14)19(26)23-10-2-3-13(12-23)11-22-18(25)16-4-1-9-21-16;/h5-8,13,16,21H,1-4,9-12H2,(H2,20,24)(H,22,25);1H. The molecule has 7 nitrogen and oxygen atoms in total. The molecule has 0 aliphatic carbocycles. The average molecular weight is 395 g/mol. The van der Waals surface area contributed by atoms with Crippen LogP contribution < -0.4 is 16.4 Å². The number of primary amides is 1. The highest BCUT2D eigenvalue weighted by Gasteiger charge is 2.26.